The van der Waals surface area contributed by atoms with Crippen molar-refractivity contribution in [2.24, 2.45) is 0 Å². The molecule has 0 bridgehead atoms. The normalized spacial score (nSPS) is 11.6. The molecule has 0 aliphatic heterocycles. The Kier molecular flexibility index (Phi) is 7.70. The summed E-state index contributed by atoms with van der Waals surface area (Å²) in [6, 6.07) is 4.06. The topological polar surface area (TPSA) is 30.5 Å². The van der Waals surface area contributed by atoms with E-state index in [1.165, 1.54) is 5.57 Å². The van der Waals surface area contributed by atoms with Crippen molar-refractivity contribution in [3.63, 3.8) is 0 Å². The lowest BCUT2D eigenvalue weighted by Crippen LogP contribution is -2.16. The zero-order valence-electron chi connectivity index (χ0n) is 12.8. The van der Waals surface area contributed by atoms with Crippen LogP contribution in [-0.4, -0.2) is 26.8 Å². The van der Waals surface area contributed by atoms with Gasteiger partial charge in [0.25, 0.3) is 0 Å². The summed E-state index contributed by atoms with van der Waals surface area (Å²) >= 11 is 3.53. The van der Waals surface area contributed by atoms with Gasteiger partial charge in [0.1, 0.15) is 0 Å². The van der Waals surface area contributed by atoms with E-state index in [-0.39, 0.29) is 0 Å². The molecule has 0 atom stereocenters. The standard InChI is InChI=1S/C16H24BrNO2/c1-5-7-18-11-12(3)8-13-9-14(17)16(19-4)15(10-13)20-6-2/h8-10,18H,5-7,11H2,1-4H3. The van der Waals surface area contributed by atoms with Crippen LogP contribution in [0.25, 0.3) is 6.08 Å². The predicted molar refractivity (Wildman–Crippen MR) is 88.7 cm³/mol. The highest BCUT2D eigenvalue weighted by atomic mass is 79.9. The summed E-state index contributed by atoms with van der Waals surface area (Å²) in [5, 5.41) is 3.40. The highest BCUT2D eigenvalue weighted by molar-refractivity contribution is 9.10. The summed E-state index contributed by atoms with van der Waals surface area (Å²) in [5.74, 6) is 1.51. The Bertz CT molecular complexity index is 458. The van der Waals surface area contributed by atoms with E-state index in [0.29, 0.717) is 6.61 Å². The van der Waals surface area contributed by atoms with Crippen molar-refractivity contribution in [3.8, 4) is 11.5 Å². The molecule has 0 unspecified atom stereocenters. The average molecular weight is 342 g/mol. The van der Waals surface area contributed by atoms with E-state index in [1.54, 1.807) is 7.11 Å². The van der Waals surface area contributed by atoms with Crippen LogP contribution in [0.1, 0.15) is 32.8 Å². The van der Waals surface area contributed by atoms with Gasteiger partial charge in [-0.3, -0.25) is 0 Å². The number of nitrogens with one attached hydrogen (secondary N) is 1. The lowest BCUT2D eigenvalue weighted by atomic mass is 10.1. The lowest BCUT2D eigenvalue weighted by Gasteiger charge is -2.12. The Balaban J connectivity index is 2.92. The monoisotopic (exact) mass is 341 g/mol. The Hall–Kier alpha value is -1.00. The number of benzene rings is 1. The molecule has 0 fully saturated rings. The molecule has 1 aromatic carbocycles. The number of rotatable bonds is 8. The Morgan fingerprint density at radius 1 is 1.35 bits per heavy atom. The predicted octanol–water partition coefficient (Wildman–Crippen LogP) is 4.26. The van der Waals surface area contributed by atoms with Crippen molar-refractivity contribution in [1.29, 1.82) is 0 Å². The minimum Gasteiger partial charge on any atom is -0.492 e. The number of methoxy groups -OCH3 is 1. The maximum absolute atomic E-state index is 5.63. The molecule has 0 spiro atoms. The first-order chi connectivity index (χ1) is 9.62. The van der Waals surface area contributed by atoms with E-state index < -0.39 is 0 Å². The minimum absolute atomic E-state index is 0.618. The minimum atomic E-state index is 0.618. The lowest BCUT2D eigenvalue weighted by molar-refractivity contribution is 0.310. The third-order valence-corrected chi connectivity index (χ3v) is 3.37. The zero-order valence-corrected chi connectivity index (χ0v) is 14.3. The van der Waals surface area contributed by atoms with Crippen LogP contribution in [-0.2, 0) is 0 Å². The van der Waals surface area contributed by atoms with E-state index in [2.05, 4.69) is 41.2 Å². The molecule has 20 heavy (non-hydrogen) atoms. The van der Waals surface area contributed by atoms with E-state index in [1.807, 2.05) is 19.1 Å². The molecule has 112 valence electrons. The number of halogens is 1. The van der Waals surface area contributed by atoms with Crippen LogP contribution in [0.5, 0.6) is 11.5 Å². The first-order valence-corrected chi connectivity index (χ1v) is 7.79. The molecule has 0 aliphatic rings. The van der Waals surface area contributed by atoms with Gasteiger partial charge in [0.15, 0.2) is 11.5 Å². The number of hydrogen-bond donors (Lipinski definition) is 1. The molecule has 0 saturated carbocycles. The van der Waals surface area contributed by atoms with Crippen molar-refractivity contribution in [1.82, 2.24) is 5.32 Å². The van der Waals surface area contributed by atoms with Gasteiger partial charge in [0, 0.05) is 6.54 Å². The van der Waals surface area contributed by atoms with Crippen molar-refractivity contribution < 1.29 is 9.47 Å². The first-order valence-electron chi connectivity index (χ1n) is 7.00. The molecule has 1 aromatic rings. The van der Waals surface area contributed by atoms with Crippen LogP contribution in [0.3, 0.4) is 0 Å². The SMILES string of the molecule is CCCNCC(C)=Cc1cc(Br)c(OC)c(OCC)c1. The molecule has 1 rings (SSSR count). The molecular weight excluding hydrogens is 318 g/mol. The molecule has 0 amide bonds. The zero-order chi connectivity index (χ0) is 15.0. The molecule has 0 heterocycles. The second-order valence-electron chi connectivity index (χ2n) is 4.63. The summed E-state index contributed by atoms with van der Waals surface area (Å²) < 4.78 is 11.9. The van der Waals surface area contributed by atoms with Gasteiger partial charge in [-0.1, -0.05) is 18.6 Å². The molecule has 0 radical (unpaired) electrons. The molecule has 3 nitrogen and oxygen atoms in total. The van der Waals surface area contributed by atoms with E-state index in [4.69, 9.17) is 9.47 Å². The van der Waals surface area contributed by atoms with Crippen molar-refractivity contribution >= 4 is 22.0 Å². The van der Waals surface area contributed by atoms with Crippen LogP contribution >= 0.6 is 15.9 Å². The van der Waals surface area contributed by atoms with Gasteiger partial charge in [-0.25, -0.2) is 0 Å². The van der Waals surface area contributed by atoms with Gasteiger partial charge >= 0.3 is 0 Å². The summed E-state index contributed by atoms with van der Waals surface area (Å²) in [5.41, 5.74) is 2.40. The maximum Gasteiger partial charge on any atom is 0.174 e. The van der Waals surface area contributed by atoms with Gasteiger partial charge in [-0.05, 0) is 60.4 Å². The Morgan fingerprint density at radius 3 is 2.70 bits per heavy atom. The Morgan fingerprint density at radius 2 is 2.10 bits per heavy atom. The van der Waals surface area contributed by atoms with Crippen molar-refractivity contribution in [2.75, 3.05) is 26.8 Å². The Labute approximate surface area is 130 Å². The van der Waals surface area contributed by atoms with E-state index in [0.717, 1.165) is 41.0 Å². The second kappa shape index (κ2) is 9.03. The quantitative estimate of drug-likeness (QED) is 0.716. The van der Waals surface area contributed by atoms with Crippen molar-refractivity contribution in [3.05, 3.63) is 27.7 Å². The van der Waals surface area contributed by atoms with Gasteiger partial charge in [-0.2, -0.15) is 0 Å². The molecule has 4 heteroatoms. The highest BCUT2D eigenvalue weighted by Gasteiger charge is 2.10. The van der Waals surface area contributed by atoms with Crippen LogP contribution in [0.15, 0.2) is 22.2 Å². The molecule has 1 N–H and O–H groups in total. The van der Waals surface area contributed by atoms with Gasteiger partial charge in [0.05, 0.1) is 18.2 Å². The molecule has 0 aromatic heterocycles. The summed E-state index contributed by atoms with van der Waals surface area (Å²) in [7, 11) is 1.65. The average Bonchev–Trinajstić information content (AvgIpc) is 2.39. The van der Waals surface area contributed by atoms with Crippen LogP contribution in [0, 0.1) is 0 Å². The van der Waals surface area contributed by atoms with Gasteiger partial charge < -0.3 is 14.8 Å². The molecular formula is C16H24BrNO2. The summed E-state index contributed by atoms with van der Waals surface area (Å²) in [6.45, 7) is 8.83. The number of hydrogen-bond acceptors (Lipinski definition) is 3. The fourth-order valence-electron chi connectivity index (χ4n) is 1.93. The van der Waals surface area contributed by atoms with Crippen LogP contribution in [0.2, 0.25) is 0 Å². The van der Waals surface area contributed by atoms with Crippen LogP contribution in [0.4, 0.5) is 0 Å². The smallest absolute Gasteiger partial charge is 0.174 e. The van der Waals surface area contributed by atoms with Crippen LogP contribution < -0.4 is 14.8 Å². The fourth-order valence-corrected chi connectivity index (χ4v) is 2.55. The fraction of sp³-hybridized carbons (Fsp3) is 0.500. The second-order valence-corrected chi connectivity index (χ2v) is 5.49. The molecule has 0 aliphatic carbocycles. The highest BCUT2D eigenvalue weighted by Crippen LogP contribution is 2.37. The maximum atomic E-state index is 5.63. The summed E-state index contributed by atoms with van der Waals surface area (Å²) in [6.07, 6.45) is 3.31. The van der Waals surface area contributed by atoms with E-state index in [9.17, 15) is 0 Å². The first kappa shape index (κ1) is 17.1. The van der Waals surface area contributed by atoms with Gasteiger partial charge in [0.2, 0.25) is 0 Å². The molecule has 0 saturated heterocycles. The van der Waals surface area contributed by atoms with E-state index >= 15 is 0 Å². The largest absolute Gasteiger partial charge is 0.492 e. The number of ether oxygens (including phenoxy) is 2. The third-order valence-electron chi connectivity index (χ3n) is 2.78. The summed E-state index contributed by atoms with van der Waals surface area (Å²) in [4.78, 5) is 0. The third kappa shape index (κ3) is 5.17. The van der Waals surface area contributed by atoms with Gasteiger partial charge in [-0.15, -0.1) is 0 Å². The van der Waals surface area contributed by atoms with Crippen molar-refractivity contribution in [2.45, 2.75) is 27.2 Å².